The monoisotopic (exact) mass is 301 g/mol. The highest BCUT2D eigenvalue weighted by molar-refractivity contribution is 5.88. The first-order chi connectivity index (χ1) is 10.6. The van der Waals surface area contributed by atoms with Gasteiger partial charge in [0.15, 0.2) is 0 Å². The van der Waals surface area contributed by atoms with Crippen LogP contribution >= 0.6 is 0 Å². The number of rotatable bonds is 5. The molecule has 0 bridgehead atoms. The van der Waals surface area contributed by atoms with E-state index in [9.17, 15) is 9.59 Å². The average Bonchev–Trinajstić information content (AvgIpc) is 2.51. The minimum atomic E-state index is -0.396. The number of nitrogens with zero attached hydrogens (tertiary/aromatic N) is 1. The van der Waals surface area contributed by atoms with E-state index < -0.39 is 6.04 Å². The first kappa shape index (κ1) is 16.2. The molecule has 1 unspecified atom stereocenters. The topological polar surface area (TPSA) is 61.4 Å². The number of nitrogens with one attached hydrogen (secondary N) is 2. The summed E-state index contributed by atoms with van der Waals surface area (Å²) in [6.45, 7) is 4.12. The molecule has 1 saturated heterocycles. The summed E-state index contributed by atoms with van der Waals surface area (Å²) in [4.78, 5) is 25.7. The Balaban J connectivity index is 2.06. The van der Waals surface area contributed by atoms with Crippen LogP contribution < -0.4 is 10.6 Å². The van der Waals surface area contributed by atoms with Crippen molar-refractivity contribution in [1.82, 2.24) is 15.5 Å². The molecule has 1 aliphatic heterocycles. The molecular weight excluding hydrogens is 278 g/mol. The van der Waals surface area contributed by atoms with Gasteiger partial charge in [-0.15, -0.1) is 0 Å². The van der Waals surface area contributed by atoms with Crippen LogP contribution in [0.4, 0.5) is 0 Å². The minimum absolute atomic E-state index is 0.0673. The van der Waals surface area contributed by atoms with Crippen molar-refractivity contribution >= 4 is 17.9 Å². The maximum absolute atomic E-state index is 12.0. The number of benzene rings is 1. The van der Waals surface area contributed by atoms with Crippen LogP contribution in [0.3, 0.4) is 0 Å². The summed E-state index contributed by atoms with van der Waals surface area (Å²) in [5.74, 6) is -0.181. The van der Waals surface area contributed by atoms with Crippen molar-refractivity contribution in [2.75, 3.05) is 26.7 Å². The molecule has 118 valence electrons. The normalized spacial score (nSPS) is 19.6. The van der Waals surface area contributed by atoms with E-state index in [-0.39, 0.29) is 18.2 Å². The van der Waals surface area contributed by atoms with Gasteiger partial charge in [-0.2, -0.15) is 0 Å². The van der Waals surface area contributed by atoms with Gasteiger partial charge >= 0.3 is 0 Å². The lowest BCUT2D eigenvalue weighted by Gasteiger charge is -2.34. The predicted molar refractivity (Wildman–Crippen MR) is 87.1 cm³/mol. The third kappa shape index (κ3) is 4.43. The number of hydrogen-bond acceptors (Lipinski definition) is 3. The molecule has 22 heavy (non-hydrogen) atoms. The lowest BCUT2D eigenvalue weighted by Crippen LogP contribution is -2.56. The van der Waals surface area contributed by atoms with Crippen LogP contribution in [-0.4, -0.2) is 49.4 Å². The summed E-state index contributed by atoms with van der Waals surface area (Å²) in [6, 6.07) is 9.70. The summed E-state index contributed by atoms with van der Waals surface area (Å²) in [5.41, 5.74) is 2.31. The molecule has 1 aliphatic rings. The van der Waals surface area contributed by atoms with Gasteiger partial charge < -0.3 is 10.6 Å². The molecule has 1 heterocycles. The maximum Gasteiger partial charge on any atom is 0.237 e. The van der Waals surface area contributed by atoms with E-state index in [1.54, 1.807) is 7.05 Å². The van der Waals surface area contributed by atoms with E-state index in [0.717, 1.165) is 12.1 Å². The predicted octanol–water partition coefficient (Wildman–Crippen LogP) is 1.03. The zero-order valence-electron chi connectivity index (χ0n) is 13.1. The van der Waals surface area contributed by atoms with Gasteiger partial charge in [-0.3, -0.25) is 14.5 Å². The summed E-state index contributed by atoms with van der Waals surface area (Å²) in [6.07, 6.45) is 2.31. The number of hydrogen-bond donors (Lipinski definition) is 2. The van der Waals surface area contributed by atoms with Gasteiger partial charge in [-0.1, -0.05) is 42.0 Å². The van der Waals surface area contributed by atoms with E-state index >= 15 is 0 Å². The number of amides is 2. The van der Waals surface area contributed by atoms with Gasteiger partial charge in [0.2, 0.25) is 11.8 Å². The van der Waals surface area contributed by atoms with Crippen LogP contribution in [0.25, 0.3) is 6.08 Å². The van der Waals surface area contributed by atoms with E-state index in [4.69, 9.17) is 0 Å². The molecule has 0 spiro atoms. The van der Waals surface area contributed by atoms with E-state index in [1.165, 1.54) is 5.57 Å². The van der Waals surface area contributed by atoms with Crippen molar-refractivity contribution in [3.05, 3.63) is 41.5 Å². The molecule has 0 aliphatic carbocycles. The van der Waals surface area contributed by atoms with Gasteiger partial charge in [0, 0.05) is 26.7 Å². The molecule has 5 nitrogen and oxygen atoms in total. The van der Waals surface area contributed by atoms with Crippen molar-refractivity contribution in [2.24, 2.45) is 0 Å². The Kier molecular flexibility index (Phi) is 5.72. The Morgan fingerprint density at radius 3 is 2.82 bits per heavy atom. The Labute approximate surface area is 131 Å². The summed E-state index contributed by atoms with van der Waals surface area (Å²) >= 11 is 0. The van der Waals surface area contributed by atoms with E-state index in [0.29, 0.717) is 13.1 Å². The van der Waals surface area contributed by atoms with Crippen LogP contribution in [0.2, 0.25) is 0 Å². The third-order valence-corrected chi connectivity index (χ3v) is 3.76. The summed E-state index contributed by atoms with van der Waals surface area (Å²) in [7, 11) is 1.59. The van der Waals surface area contributed by atoms with Crippen LogP contribution in [0.5, 0.6) is 0 Å². The molecule has 0 saturated carbocycles. The first-order valence-electron chi connectivity index (χ1n) is 7.54. The molecule has 5 heteroatoms. The smallest absolute Gasteiger partial charge is 0.237 e. The standard InChI is InChI=1S/C17H23N3O2/c1-13(10-14-6-4-3-5-7-14)12-20-9-8-19-17(22)15(20)11-16(21)18-2/h3-7,10,15H,8-9,11-12H2,1-2H3,(H,18,21)(H,19,22)/b13-10+. The highest BCUT2D eigenvalue weighted by Crippen LogP contribution is 2.13. The highest BCUT2D eigenvalue weighted by Gasteiger charge is 2.31. The lowest BCUT2D eigenvalue weighted by molar-refractivity contribution is -0.133. The van der Waals surface area contributed by atoms with Crippen LogP contribution in [0, 0.1) is 0 Å². The molecule has 1 aromatic carbocycles. The largest absolute Gasteiger partial charge is 0.359 e. The van der Waals surface area contributed by atoms with Crippen molar-refractivity contribution in [1.29, 1.82) is 0 Å². The second-order valence-corrected chi connectivity index (χ2v) is 5.56. The van der Waals surface area contributed by atoms with Crippen LogP contribution in [0.15, 0.2) is 35.9 Å². The average molecular weight is 301 g/mol. The van der Waals surface area contributed by atoms with Gasteiger partial charge in [-0.05, 0) is 12.5 Å². The Morgan fingerprint density at radius 1 is 1.41 bits per heavy atom. The molecule has 0 aromatic heterocycles. The van der Waals surface area contributed by atoms with Crippen molar-refractivity contribution < 1.29 is 9.59 Å². The number of carbonyl (C=O) groups excluding carboxylic acids is 2. The van der Waals surface area contributed by atoms with Crippen molar-refractivity contribution in [3.63, 3.8) is 0 Å². The fraction of sp³-hybridized carbons (Fsp3) is 0.412. The Hall–Kier alpha value is -2.14. The Morgan fingerprint density at radius 2 is 2.14 bits per heavy atom. The van der Waals surface area contributed by atoms with Crippen LogP contribution in [-0.2, 0) is 9.59 Å². The van der Waals surface area contributed by atoms with Crippen LogP contribution in [0.1, 0.15) is 18.9 Å². The molecule has 2 N–H and O–H groups in total. The molecule has 1 fully saturated rings. The fourth-order valence-electron chi connectivity index (χ4n) is 2.65. The highest BCUT2D eigenvalue weighted by atomic mass is 16.2. The summed E-state index contributed by atoms with van der Waals surface area (Å²) < 4.78 is 0. The lowest BCUT2D eigenvalue weighted by atomic mass is 10.1. The zero-order chi connectivity index (χ0) is 15.9. The van der Waals surface area contributed by atoms with Crippen molar-refractivity contribution in [3.8, 4) is 0 Å². The van der Waals surface area contributed by atoms with Gasteiger partial charge in [0.1, 0.15) is 0 Å². The molecular formula is C17H23N3O2. The minimum Gasteiger partial charge on any atom is -0.359 e. The molecule has 2 rings (SSSR count). The maximum atomic E-state index is 12.0. The fourth-order valence-corrected chi connectivity index (χ4v) is 2.65. The van der Waals surface area contributed by atoms with Gasteiger partial charge in [-0.25, -0.2) is 0 Å². The number of piperazine rings is 1. The second-order valence-electron chi connectivity index (χ2n) is 5.56. The van der Waals surface area contributed by atoms with Crippen molar-refractivity contribution in [2.45, 2.75) is 19.4 Å². The second kappa shape index (κ2) is 7.75. The zero-order valence-corrected chi connectivity index (χ0v) is 13.1. The molecule has 2 amide bonds. The molecule has 1 atom stereocenters. The van der Waals surface area contributed by atoms with E-state index in [1.807, 2.05) is 18.2 Å². The molecule has 0 radical (unpaired) electrons. The van der Waals surface area contributed by atoms with Gasteiger partial charge in [0.05, 0.1) is 12.5 Å². The summed E-state index contributed by atoms with van der Waals surface area (Å²) in [5, 5.41) is 5.42. The Bertz CT molecular complexity index is 554. The molecule has 1 aromatic rings. The van der Waals surface area contributed by atoms with E-state index in [2.05, 4.69) is 40.7 Å². The number of carbonyl (C=O) groups is 2. The quantitative estimate of drug-likeness (QED) is 0.854. The third-order valence-electron chi connectivity index (χ3n) is 3.76. The SMILES string of the molecule is CNC(=O)CC1C(=O)NCCN1C/C(C)=C/c1ccccc1. The van der Waals surface area contributed by atoms with Gasteiger partial charge in [0.25, 0.3) is 0 Å². The first-order valence-corrected chi connectivity index (χ1v) is 7.54.